The Kier molecular flexibility index (Phi) is 10.8. The maximum Gasteiger partial charge on any atom is 0.293 e. The van der Waals surface area contributed by atoms with Gasteiger partial charge in [-0.05, 0) is 79.8 Å². The van der Waals surface area contributed by atoms with Crippen molar-refractivity contribution >= 4 is 34.4 Å². The lowest BCUT2D eigenvalue weighted by Crippen LogP contribution is -2.47. The van der Waals surface area contributed by atoms with E-state index in [2.05, 4.69) is 75.0 Å². The van der Waals surface area contributed by atoms with Crippen LogP contribution in [0.4, 0.5) is 5.69 Å². The number of aryl methyl sites for hydroxylation is 2. The van der Waals surface area contributed by atoms with Crippen LogP contribution in [0.5, 0.6) is 0 Å². The molecular formula is C44H49N11O4. The van der Waals surface area contributed by atoms with Crippen LogP contribution in [0.25, 0.3) is 33.5 Å². The Hall–Kier alpha value is -6.35. The van der Waals surface area contributed by atoms with E-state index in [0.717, 1.165) is 101 Å². The van der Waals surface area contributed by atoms with Crippen molar-refractivity contribution in [1.29, 1.82) is 0 Å². The number of hydrogen-bond donors (Lipinski definition) is 3. The van der Waals surface area contributed by atoms with E-state index in [1.807, 2.05) is 72.1 Å². The number of benzene rings is 1. The van der Waals surface area contributed by atoms with E-state index in [1.165, 1.54) is 0 Å². The molecule has 0 aliphatic carbocycles. The average Bonchev–Trinajstić information content (AvgIpc) is 3.90. The molecule has 0 saturated carbocycles. The summed E-state index contributed by atoms with van der Waals surface area (Å²) in [5.41, 5.74) is 9.81. The molecule has 7 heterocycles. The number of nitrogens with one attached hydrogen (secondary N) is 3. The Morgan fingerprint density at radius 3 is 2.46 bits per heavy atom. The van der Waals surface area contributed by atoms with Crippen molar-refractivity contribution in [2.45, 2.75) is 78.2 Å². The van der Waals surface area contributed by atoms with E-state index in [9.17, 15) is 14.4 Å². The number of carbonyl (C=O) groups is 3. The summed E-state index contributed by atoms with van der Waals surface area (Å²) in [6.45, 7) is 16.4. The van der Waals surface area contributed by atoms with Gasteiger partial charge < -0.3 is 14.7 Å². The third kappa shape index (κ3) is 8.46. The van der Waals surface area contributed by atoms with Gasteiger partial charge in [0.2, 0.25) is 17.7 Å². The summed E-state index contributed by atoms with van der Waals surface area (Å²) in [5, 5.41) is 17.9. The van der Waals surface area contributed by atoms with Crippen LogP contribution >= 0.6 is 0 Å². The number of amides is 3. The van der Waals surface area contributed by atoms with Gasteiger partial charge in [0.15, 0.2) is 5.65 Å². The number of H-pyrrole nitrogens is 1. The first-order chi connectivity index (χ1) is 28.3. The third-order valence-electron chi connectivity index (χ3n) is 11.3. The van der Waals surface area contributed by atoms with E-state index in [4.69, 9.17) is 9.51 Å². The molecule has 1 aromatic carbocycles. The summed E-state index contributed by atoms with van der Waals surface area (Å²) in [4.78, 5) is 60.2. The highest BCUT2D eigenvalue weighted by atomic mass is 16.5. The number of aromatic amines is 1. The van der Waals surface area contributed by atoms with E-state index in [1.54, 1.807) is 6.20 Å². The summed E-state index contributed by atoms with van der Waals surface area (Å²) in [6.07, 6.45) is 7.27. The van der Waals surface area contributed by atoms with Crippen LogP contribution in [0.1, 0.15) is 97.0 Å². The molecule has 6 aromatic rings. The number of nitrogens with zero attached hydrogens (tertiary/aromatic N) is 8. The molecule has 2 aliphatic rings. The van der Waals surface area contributed by atoms with Crippen LogP contribution in [0.15, 0.2) is 65.6 Å². The molecule has 5 aromatic heterocycles. The number of piperidine rings is 1. The van der Waals surface area contributed by atoms with Gasteiger partial charge in [-0.15, -0.1) is 0 Å². The maximum atomic E-state index is 12.9. The fraction of sp³-hybridized carbons (Fsp3) is 0.386. The number of fused-ring (bicyclic) bond motifs is 1. The Labute approximate surface area is 342 Å². The zero-order valence-electron chi connectivity index (χ0n) is 34.3. The van der Waals surface area contributed by atoms with Crippen LogP contribution in [-0.4, -0.2) is 90.6 Å². The number of aromatic nitrogens is 7. The highest BCUT2D eigenvalue weighted by molar-refractivity contribution is 6.01. The fourth-order valence-corrected chi connectivity index (χ4v) is 7.90. The van der Waals surface area contributed by atoms with Crippen molar-refractivity contribution in [2.24, 2.45) is 0 Å². The molecule has 2 aliphatic heterocycles. The molecule has 3 amide bonds. The Bertz CT molecular complexity index is 2530. The summed E-state index contributed by atoms with van der Waals surface area (Å²) < 4.78 is 5.30. The minimum absolute atomic E-state index is 0.0149. The first-order valence-corrected chi connectivity index (χ1v) is 20.1. The van der Waals surface area contributed by atoms with Gasteiger partial charge in [-0.1, -0.05) is 38.1 Å². The van der Waals surface area contributed by atoms with Gasteiger partial charge in [-0.2, -0.15) is 10.1 Å². The van der Waals surface area contributed by atoms with Gasteiger partial charge in [0.25, 0.3) is 11.7 Å². The molecule has 304 valence electrons. The molecule has 2 fully saturated rings. The molecule has 15 nitrogen and oxygen atoms in total. The smallest absolute Gasteiger partial charge is 0.293 e. The average molecular weight is 796 g/mol. The van der Waals surface area contributed by atoms with Crippen molar-refractivity contribution in [3.05, 3.63) is 101 Å². The normalized spacial score (nSPS) is 17.0. The maximum absolute atomic E-state index is 12.9. The lowest BCUT2D eigenvalue weighted by atomic mass is 9.88. The number of carbonyl (C=O) groups excluding carboxylic acids is 3. The van der Waals surface area contributed by atoms with Gasteiger partial charge in [-0.3, -0.25) is 39.7 Å². The summed E-state index contributed by atoms with van der Waals surface area (Å²) in [6, 6.07) is 14.1. The first kappa shape index (κ1) is 39.5. The standard InChI is InChI=1S/C44H49N11O4/c1-25-19-28(7-9-32(25)27(3)48-42(58)40-50-43(59-53-40)44(4,5)6)38-34-21-29(22-47-39(34)52-51-38)36-11-8-31(23-46-36)55-17-15-54(16-18-55)14-13-30-20-26(2)35(24-45-30)33-10-12-37(56)49-41(33)57/h7-9,11,19-24,27,33H,10,12-18H2,1-6H3,(H,48,58)(H,47,51,52)(H,49,56,57)/t27-,33?/m1/s1. The second kappa shape index (κ2) is 16.1. The van der Waals surface area contributed by atoms with Crippen LogP contribution in [0.3, 0.4) is 0 Å². The molecule has 15 heteroatoms. The lowest BCUT2D eigenvalue weighted by molar-refractivity contribution is -0.134. The SMILES string of the molecule is Cc1cc(CCN2CCN(c3ccc(-c4cnc5n[nH]c(-c6ccc([C@@H](C)NC(=O)c7noc(C(C)(C)C)n7)c(C)c6)c5c4)nc3)CC2)ncc1C1CCC(=O)NC1=O. The van der Waals surface area contributed by atoms with Gasteiger partial charge in [0, 0.05) is 85.6 Å². The van der Waals surface area contributed by atoms with E-state index in [-0.39, 0.29) is 35.0 Å². The summed E-state index contributed by atoms with van der Waals surface area (Å²) >= 11 is 0. The molecule has 3 N–H and O–H groups in total. The zero-order chi connectivity index (χ0) is 41.4. The number of hydrogen-bond acceptors (Lipinski definition) is 12. The van der Waals surface area contributed by atoms with Crippen molar-refractivity contribution in [3.8, 4) is 22.5 Å². The molecule has 2 saturated heterocycles. The van der Waals surface area contributed by atoms with Gasteiger partial charge >= 0.3 is 0 Å². The zero-order valence-corrected chi connectivity index (χ0v) is 34.3. The highest BCUT2D eigenvalue weighted by Gasteiger charge is 2.30. The number of anilines is 1. The van der Waals surface area contributed by atoms with Crippen molar-refractivity contribution < 1.29 is 18.9 Å². The minimum atomic E-state index is -0.392. The predicted octanol–water partition coefficient (Wildman–Crippen LogP) is 5.76. The van der Waals surface area contributed by atoms with Crippen LogP contribution in [0, 0.1) is 13.8 Å². The largest absolute Gasteiger partial charge is 0.368 e. The molecule has 8 rings (SSSR count). The Morgan fingerprint density at radius 2 is 1.76 bits per heavy atom. The van der Waals surface area contributed by atoms with E-state index >= 15 is 0 Å². The number of rotatable bonds is 10. The van der Waals surface area contributed by atoms with E-state index in [0.29, 0.717) is 24.4 Å². The molecule has 1 unspecified atom stereocenters. The van der Waals surface area contributed by atoms with Crippen LogP contribution in [-0.2, 0) is 21.4 Å². The summed E-state index contributed by atoms with van der Waals surface area (Å²) in [5.74, 6) is -0.716. The number of imide groups is 1. The fourth-order valence-electron chi connectivity index (χ4n) is 7.90. The van der Waals surface area contributed by atoms with Gasteiger partial charge in [0.05, 0.1) is 35.2 Å². The molecular weight excluding hydrogens is 747 g/mol. The summed E-state index contributed by atoms with van der Waals surface area (Å²) in [7, 11) is 0. The molecule has 0 spiro atoms. The van der Waals surface area contributed by atoms with E-state index < -0.39 is 5.91 Å². The topological polar surface area (TPSA) is 188 Å². The Balaban J connectivity index is 0.870. The highest BCUT2D eigenvalue weighted by Crippen LogP contribution is 2.32. The predicted molar refractivity (Wildman–Crippen MR) is 223 cm³/mol. The Morgan fingerprint density at radius 1 is 0.949 bits per heavy atom. The van der Waals surface area contributed by atoms with Crippen LogP contribution < -0.4 is 15.5 Å². The third-order valence-corrected chi connectivity index (χ3v) is 11.3. The molecule has 0 bridgehead atoms. The lowest BCUT2D eigenvalue weighted by Gasteiger charge is -2.36. The number of piperazine rings is 1. The second-order valence-corrected chi connectivity index (χ2v) is 16.6. The monoisotopic (exact) mass is 795 g/mol. The quantitative estimate of drug-likeness (QED) is 0.143. The molecule has 2 atom stereocenters. The minimum Gasteiger partial charge on any atom is -0.368 e. The van der Waals surface area contributed by atoms with Gasteiger partial charge in [0.1, 0.15) is 0 Å². The molecule has 59 heavy (non-hydrogen) atoms. The van der Waals surface area contributed by atoms with Crippen molar-refractivity contribution in [3.63, 3.8) is 0 Å². The van der Waals surface area contributed by atoms with Crippen molar-refractivity contribution in [2.75, 3.05) is 37.6 Å². The number of pyridine rings is 3. The van der Waals surface area contributed by atoms with Gasteiger partial charge in [-0.25, -0.2) is 4.98 Å². The first-order valence-electron chi connectivity index (χ1n) is 20.1. The second-order valence-electron chi connectivity index (χ2n) is 16.6. The van der Waals surface area contributed by atoms with Crippen molar-refractivity contribution in [1.82, 2.24) is 50.8 Å². The molecule has 0 radical (unpaired) electrons. The van der Waals surface area contributed by atoms with Crippen LogP contribution in [0.2, 0.25) is 0 Å².